The van der Waals surface area contributed by atoms with Crippen molar-refractivity contribution >= 4 is 44.9 Å². The molecule has 0 heterocycles. The van der Waals surface area contributed by atoms with Crippen LogP contribution in [0.2, 0.25) is 5.02 Å². The molecule has 0 aliphatic heterocycles. The van der Waals surface area contributed by atoms with Crippen molar-refractivity contribution in [2.75, 3.05) is 29.1 Å². The number of amides is 1. The molecule has 1 unspecified atom stereocenters. The van der Waals surface area contributed by atoms with Gasteiger partial charge in [0.05, 0.1) is 35.7 Å². The Bertz CT molecular complexity index is 1040. The molecule has 0 saturated carbocycles. The molecule has 168 valence electrons. The fourth-order valence-electron chi connectivity index (χ4n) is 2.88. The summed E-state index contributed by atoms with van der Waals surface area (Å²) in [7, 11) is -3.78. The number of carbonyl (C=O) groups excluding carboxylic acids is 2. The molecule has 2 rings (SSSR count). The number of rotatable bonds is 9. The summed E-state index contributed by atoms with van der Waals surface area (Å²) in [5.74, 6) is -0.621. The molecule has 0 aliphatic carbocycles. The monoisotopic (exact) mass is 468 g/mol. The fraction of sp³-hybridized carbons (Fsp3) is 0.333. The second-order valence-corrected chi connectivity index (χ2v) is 8.83. The number of hydrogen-bond acceptors (Lipinski definition) is 6. The Balaban J connectivity index is 2.28. The van der Waals surface area contributed by atoms with Crippen LogP contribution in [0.1, 0.15) is 31.1 Å². The first-order valence-electron chi connectivity index (χ1n) is 9.58. The number of halogens is 1. The highest BCUT2D eigenvalue weighted by Gasteiger charge is 2.29. The van der Waals surface area contributed by atoms with Gasteiger partial charge in [-0.25, -0.2) is 13.2 Å². The van der Waals surface area contributed by atoms with Crippen LogP contribution in [0.3, 0.4) is 0 Å². The molecule has 0 radical (unpaired) electrons. The van der Waals surface area contributed by atoms with Gasteiger partial charge in [-0.2, -0.15) is 0 Å². The number of ether oxygens (including phenoxy) is 2. The van der Waals surface area contributed by atoms with Gasteiger partial charge in [0.1, 0.15) is 11.8 Å². The summed E-state index contributed by atoms with van der Waals surface area (Å²) < 4.78 is 36.2. The van der Waals surface area contributed by atoms with Crippen molar-refractivity contribution in [1.29, 1.82) is 0 Å². The molecule has 0 aromatic heterocycles. The lowest BCUT2D eigenvalue weighted by molar-refractivity contribution is -0.116. The summed E-state index contributed by atoms with van der Waals surface area (Å²) in [6.07, 6.45) is 1.02. The van der Waals surface area contributed by atoms with E-state index in [0.29, 0.717) is 18.0 Å². The molecule has 0 saturated heterocycles. The maximum atomic E-state index is 12.8. The quantitative estimate of drug-likeness (QED) is 0.563. The molecule has 10 heteroatoms. The van der Waals surface area contributed by atoms with Crippen LogP contribution in [0.4, 0.5) is 11.4 Å². The maximum Gasteiger partial charge on any atom is 0.339 e. The van der Waals surface area contributed by atoms with Crippen molar-refractivity contribution in [3.63, 3.8) is 0 Å². The zero-order valence-electron chi connectivity index (χ0n) is 17.7. The standard InChI is InChI=1S/C21H25ClN2O6S/c1-5-29-17-10-8-16(9-11-17)24(31(4,27)28)14(3)20(25)23-15-7-12-19(22)18(13-15)21(26)30-6-2/h7-14H,5-6H2,1-4H3,(H,23,25). The second-order valence-electron chi connectivity index (χ2n) is 6.57. The fourth-order valence-corrected chi connectivity index (χ4v) is 4.25. The predicted octanol–water partition coefficient (Wildman–Crippen LogP) is 3.71. The van der Waals surface area contributed by atoms with Gasteiger partial charge in [0.2, 0.25) is 15.9 Å². The Morgan fingerprint density at radius 1 is 1.10 bits per heavy atom. The summed E-state index contributed by atoms with van der Waals surface area (Å²) in [5.41, 5.74) is 0.696. The number of carbonyl (C=O) groups is 2. The van der Waals surface area contributed by atoms with Crippen LogP contribution < -0.4 is 14.4 Å². The van der Waals surface area contributed by atoms with E-state index in [9.17, 15) is 18.0 Å². The van der Waals surface area contributed by atoms with Gasteiger partial charge in [0, 0.05) is 5.69 Å². The lowest BCUT2D eigenvalue weighted by atomic mass is 10.2. The first-order chi connectivity index (χ1) is 14.6. The average molecular weight is 469 g/mol. The van der Waals surface area contributed by atoms with Crippen LogP contribution in [0.15, 0.2) is 42.5 Å². The molecule has 1 N–H and O–H groups in total. The van der Waals surface area contributed by atoms with Gasteiger partial charge in [0.25, 0.3) is 0 Å². The molecule has 0 spiro atoms. The van der Waals surface area contributed by atoms with Crippen molar-refractivity contribution in [3.05, 3.63) is 53.1 Å². The van der Waals surface area contributed by atoms with E-state index in [4.69, 9.17) is 21.1 Å². The third kappa shape index (κ3) is 6.35. The molecule has 2 aromatic rings. The number of sulfonamides is 1. The number of esters is 1. The minimum absolute atomic E-state index is 0.0976. The number of hydrogen-bond donors (Lipinski definition) is 1. The van der Waals surface area contributed by atoms with Gasteiger partial charge < -0.3 is 14.8 Å². The van der Waals surface area contributed by atoms with E-state index < -0.39 is 27.9 Å². The van der Waals surface area contributed by atoms with Gasteiger partial charge >= 0.3 is 5.97 Å². The lowest BCUT2D eigenvalue weighted by Crippen LogP contribution is -2.45. The minimum Gasteiger partial charge on any atom is -0.494 e. The van der Waals surface area contributed by atoms with E-state index in [1.54, 1.807) is 31.2 Å². The van der Waals surface area contributed by atoms with E-state index >= 15 is 0 Å². The highest BCUT2D eigenvalue weighted by atomic mass is 35.5. The van der Waals surface area contributed by atoms with Gasteiger partial charge in [-0.05, 0) is 63.2 Å². The van der Waals surface area contributed by atoms with Crippen molar-refractivity contribution in [2.45, 2.75) is 26.8 Å². The molecule has 1 amide bonds. The van der Waals surface area contributed by atoms with Crippen molar-refractivity contribution in [1.82, 2.24) is 0 Å². The zero-order valence-corrected chi connectivity index (χ0v) is 19.3. The summed E-state index contributed by atoms with van der Waals surface area (Å²) >= 11 is 6.04. The highest BCUT2D eigenvalue weighted by molar-refractivity contribution is 7.92. The first kappa shape index (κ1) is 24.5. The zero-order chi connectivity index (χ0) is 23.2. The first-order valence-corrected chi connectivity index (χ1v) is 11.8. The van der Waals surface area contributed by atoms with E-state index in [0.717, 1.165) is 10.6 Å². The van der Waals surface area contributed by atoms with E-state index in [1.807, 2.05) is 6.92 Å². The lowest BCUT2D eigenvalue weighted by Gasteiger charge is -2.28. The van der Waals surface area contributed by atoms with Crippen molar-refractivity contribution in [2.24, 2.45) is 0 Å². The predicted molar refractivity (Wildman–Crippen MR) is 120 cm³/mol. The topological polar surface area (TPSA) is 102 Å². The highest BCUT2D eigenvalue weighted by Crippen LogP contribution is 2.26. The number of nitrogens with one attached hydrogen (secondary N) is 1. The minimum atomic E-state index is -3.78. The summed E-state index contributed by atoms with van der Waals surface area (Å²) in [5, 5.41) is 2.80. The third-order valence-electron chi connectivity index (χ3n) is 4.22. The molecule has 1 atom stereocenters. The molecule has 0 aliphatic rings. The van der Waals surface area contributed by atoms with Crippen LogP contribution in [-0.4, -0.2) is 45.8 Å². The van der Waals surface area contributed by atoms with Crippen molar-refractivity contribution < 1.29 is 27.5 Å². The van der Waals surface area contributed by atoms with Gasteiger partial charge in [-0.15, -0.1) is 0 Å². The van der Waals surface area contributed by atoms with Crippen LogP contribution in [0.25, 0.3) is 0 Å². The van der Waals surface area contributed by atoms with Crippen LogP contribution in [-0.2, 0) is 19.6 Å². The van der Waals surface area contributed by atoms with Gasteiger partial charge in [-0.3, -0.25) is 9.10 Å². The molecule has 0 fully saturated rings. The Labute approximate surface area is 187 Å². The molecule has 0 bridgehead atoms. The second kappa shape index (κ2) is 10.5. The van der Waals surface area contributed by atoms with Gasteiger partial charge in [0.15, 0.2) is 0 Å². The summed E-state index contributed by atoms with van der Waals surface area (Å²) in [6.45, 7) is 5.62. The van der Waals surface area contributed by atoms with Crippen molar-refractivity contribution in [3.8, 4) is 5.75 Å². The van der Waals surface area contributed by atoms with E-state index in [-0.39, 0.29) is 22.9 Å². The number of nitrogens with zero attached hydrogens (tertiary/aromatic N) is 1. The molecular weight excluding hydrogens is 444 g/mol. The molecule has 8 nitrogen and oxygen atoms in total. The van der Waals surface area contributed by atoms with Crippen LogP contribution >= 0.6 is 11.6 Å². The Hall–Kier alpha value is -2.78. The van der Waals surface area contributed by atoms with Crippen LogP contribution in [0, 0.1) is 0 Å². The molecule has 31 heavy (non-hydrogen) atoms. The largest absolute Gasteiger partial charge is 0.494 e. The summed E-state index contributed by atoms with van der Waals surface area (Å²) in [6, 6.07) is 9.67. The normalized spacial score (nSPS) is 12.0. The number of benzene rings is 2. The SMILES string of the molecule is CCOC(=O)c1cc(NC(=O)C(C)N(c2ccc(OCC)cc2)S(C)(=O)=O)ccc1Cl. The van der Waals surface area contributed by atoms with Crippen LogP contribution in [0.5, 0.6) is 5.75 Å². The summed E-state index contributed by atoms with van der Waals surface area (Å²) in [4.78, 5) is 24.9. The Morgan fingerprint density at radius 2 is 1.74 bits per heavy atom. The third-order valence-corrected chi connectivity index (χ3v) is 5.79. The number of anilines is 2. The average Bonchev–Trinajstić information content (AvgIpc) is 2.70. The maximum absolute atomic E-state index is 12.8. The Morgan fingerprint density at radius 3 is 2.29 bits per heavy atom. The molecular formula is C21H25ClN2O6S. The molecule has 2 aromatic carbocycles. The van der Waals surface area contributed by atoms with E-state index in [2.05, 4.69) is 5.32 Å². The van der Waals surface area contributed by atoms with Gasteiger partial charge in [-0.1, -0.05) is 11.6 Å². The smallest absolute Gasteiger partial charge is 0.339 e. The Kier molecular flexibility index (Phi) is 8.29. The van der Waals surface area contributed by atoms with E-state index in [1.165, 1.54) is 25.1 Å².